The van der Waals surface area contributed by atoms with Gasteiger partial charge in [0.15, 0.2) is 0 Å². The number of nitrogens with zero attached hydrogens (tertiary/aromatic N) is 1. The van der Waals surface area contributed by atoms with Crippen molar-refractivity contribution in [3.8, 4) is 11.5 Å². The molecule has 1 saturated heterocycles. The molecular weight excluding hydrogens is 586 g/mol. The molecule has 4 rings (SSSR count). The summed E-state index contributed by atoms with van der Waals surface area (Å²) in [7, 11) is 1.54. The number of benzene rings is 3. The molecule has 0 spiro atoms. The number of ether oxygens (including phenoxy) is 2. The monoisotopic (exact) mass is 601 g/mol. The summed E-state index contributed by atoms with van der Waals surface area (Å²) in [5.74, 6) is -0.0689. The average Bonchev–Trinajstić information content (AvgIpc) is 3.09. The molecule has 0 aromatic heterocycles. The van der Waals surface area contributed by atoms with Gasteiger partial charge in [-0.1, -0.05) is 50.1 Å². The Kier molecular flexibility index (Phi) is 7.55. The number of carbonyl (C=O) groups excluding carboxylic acids is 3. The summed E-state index contributed by atoms with van der Waals surface area (Å²) >= 11 is 7.70. The molecule has 9 heteroatoms. The Balaban J connectivity index is 1.58. The van der Waals surface area contributed by atoms with Gasteiger partial charge in [-0.25, -0.2) is 4.79 Å². The normalized spacial score (nSPS) is 14.6. The standard InChI is InChI=1S/C25H17Br2NO5S/c1-32-19-9-6-15(7-10-19)24(30)33-21-11-8-18(26)12-17(21)13-22-23(29)28(25(31)34-22)14-16-4-2-3-5-20(16)27/h2-13H,14H2,1H3/b22-13-. The van der Waals surface area contributed by atoms with Crippen molar-refractivity contribution in [2.24, 2.45) is 0 Å². The number of thioether (sulfide) groups is 1. The van der Waals surface area contributed by atoms with Crippen molar-refractivity contribution in [2.75, 3.05) is 7.11 Å². The van der Waals surface area contributed by atoms with Crippen LogP contribution in [0.15, 0.2) is 80.6 Å². The molecule has 1 heterocycles. The van der Waals surface area contributed by atoms with Gasteiger partial charge in [0, 0.05) is 14.5 Å². The first-order valence-corrected chi connectivity index (χ1v) is 12.4. The van der Waals surface area contributed by atoms with E-state index in [2.05, 4.69) is 31.9 Å². The maximum absolute atomic E-state index is 13.0. The molecule has 1 aliphatic heterocycles. The van der Waals surface area contributed by atoms with E-state index in [1.165, 1.54) is 4.90 Å². The number of carbonyl (C=O) groups is 3. The zero-order valence-corrected chi connectivity index (χ0v) is 21.8. The number of imide groups is 1. The van der Waals surface area contributed by atoms with Gasteiger partial charge in [-0.15, -0.1) is 0 Å². The number of rotatable bonds is 6. The van der Waals surface area contributed by atoms with Crippen molar-refractivity contribution in [3.63, 3.8) is 0 Å². The Bertz CT molecular complexity index is 1310. The minimum absolute atomic E-state index is 0.154. The summed E-state index contributed by atoms with van der Waals surface area (Å²) in [5.41, 5.74) is 1.66. The molecule has 34 heavy (non-hydrogen) atoms. The number of hydrogen-bond donors (Lipinski definition) is 0. The molecular formula is C25H17Br2NO5S. The maximum Gasteiger partial charge on any atom is 0.343 e. The van der Waals surface area contributed by atoms with Crippen LogP contribution in [-0.4, -0.2) is 29.1 Å². The summed E-state index contributed by atoms with van der Waals surface area (Å²) in [6.07, 6.45) is 1.56. The highest BCUT2D eigenvalue weighted by Gasteiger charge is 2.35. The zero-order valence-electron chi connectivity index (χ0n) is 17.8. The molecule has 6 nitrogen and oxygen atoms in total. The Morgan fingerprint density at radius 2 is 1.76 bits per heavy atom. The van der Waals surface area contributed by atoms with Gasteiger partial charge in [0.05, 0.1) is 24.1 Å². The molecule has 0 aliphatic carbocycles. The quantitative estimate of drug-likeness (QED) is 0.178. The van der Waals surface area contributed by atoms with Gasteiger partial charge in [-0.05, 0) is 71.9 Å². The summed E-state index contributed by atoms with van der Waals surface area (Å²) in [5, 5.41) is -0.362. The van der Waals surface area contributed by atoms with Crippen LogP contribution in [0.1, 0.15) is 21.5 Å². The highest BCUT2D eigenvalue weighted by Crippen LogP contribution is 2.36. The first kappa shape index (κ1) is 24.3. The molecule has 0 bridgehead atoms. The van der Waals surface area contributed by atoms with Gasteiger partial charge in [0.2, 0.25) is 0 Å². The van der Waals surface area contributed by atoms with E-state index in [0.29, 0.717) is 16.9 Å². The zero-order chi connectivity index (χ0) is 24.2. The van der Waals surface area contributed by atoms with Crippen LogP contribution in [0.25, 0.3) is 6.08 Å². The lowest BCUT2D eigenvalue weighted by molar-refractivity contribution is -0.123. The second-order valence-electron chi connectivity index (χ2n) is 7.16. The lowest BCUT2D eigenvalue weighted by atomic mass is 10.1. The second-order valence-corrected chi connectivity index (χ2v) is 9.92. The predicted molar refractivity (Wildman–Crippen MR) is 138 cm³/mol. The third-order valence-corrected chi connectivity index (χ3v) is 7.12. The Hall–Kier alpha value is -2.88. The number of methoxy groups -OCH3 is 1. The van der Waals surface area contributed by atoms with Crippen LogP contribution < -0.4 is 9.47 Å². The highest BCUT2D eigenvalue weighted by atomic mass is 79.9. The molecule has 1 fully saturated rings. The lowest BCUT2D eigenvalue weighted by Crippen LogP contribution is -2.27. The molecule has 0 radical (unpaired) electrons. The number of amides is 2. The fraction of sp³-hybridized carbons (Fsp3) is 0.0800. The van der Waals surface area contributed by atoms with Crippen LogP contribution in [0.2, 0.25) is 0 Å². The van der Waals surface area contributed by atoms with E-state index in [-0.39, 0.29) is 22.4 Å². The van der Waals surface area contributed by atoms with Gasteiger partial charge in [0.25, 0.3) is 11.1 Å². The molecule has 0 atom stereocenters. The van der Waals surface area contributed by atoms with Crippen LogP contribution in [0.3, 0.4) is 0 Å². The molecule has 2 amide bonds. The van der Waals surface area contributed by atoms with E-state index in [0.717, 1.165) is 26.3 Å². The molecule has 0 unspecified atom stereocenters. The largest absolute Gasteiger partial charge is 0.497 e. The van der Waals surface area contributed by atoms with E-state index in [1.807, 2.05) is 24.3 Å². The van der Waals surface area contributed by atoms with Crippen molar-refractivity contribution in [3.05, 3.63) is 97.3 Å². The summed E-state index contributed by atoms with van der Waals surface area (Å²) in [6, 6.07) is 19.0. The summed E-state index contributed by atoms with van der Waals surface area (Å²) in [4.78, 5) is 39.7. The molecule has 3 aromatic carbocycles. The van der Waals surface area contributed by atoms with Gasteiger partial charge >= 0.3 is 5.97 Å². The minimum atomic E-state index is -0.554. The molecule has 172 valence electrons. The van der Waals surface area contributed by atoms with Gasteiger partial charge in [-0.2, -0.15) is 0 Å². The maximum atomic E-state index is 13.0. The van der Waals surface area contributed by atoms with Crippen molar-refractivity contribution in [1.29, 1.82) is 0 Å². The van der Waals surface area contributed by atoms with Crippen molar-refractivity contribution in [1.82, 2.24) is 4.90 Å². The van der Waals surface area contributed by atoms with E-state index < -0.39 is 11.9 Å². The minimum Gasteiger partial charge on any atom is -0.497 e. The van der Waals surface area contributed by atoms with E-state index >= 15 is 0 Å². The van der Waals surface area contributed by atoms with Crippen LogP contribution in [-0.2, 0) is 11.3 Å². The fourth-order valence-corrected chi connectivity index (χ4v) is 4.80. The topological polar surface area (TPSA) is 72.9 Å². The van der Waals surface area contributed by atoms with Gasteiger partial charge < -0.3 is 9.47 Å². The first-order chi connectivity index (χ1) is 16.4. The summed E-state index contributed by atoms with van der Waals surface area (Å²) < 4.78 is 12.3. The van der Waals surface area contributed by atoms with Gasteiger partial charge in [0.1, 0.15) is 11.5 Å². The number of esters is 1. The Morgan fingerprint density at radius 1 is 1.03 bits per heavy atom. The highest BCUT2D eigenvalue weighted by molar-refractivity contribution is 9.10. The van der Waals surface area contributed by atoms with Gasteiger partial charge in [-0.3, -0.25) is 14.5 Å². The van der Waals surface area contributed by atoms with Crippen molar-refractivity contribution < 1.29 is 23.9 Å². The van der Waals surface area contributed by atoms with E-state index in [1.54, 1.807) is 55.7 Å². The van der Waals surface area contributed by atoms with Crippen molar-refractivity contribution in [2.45, 2.75) is 6.54 Å². The SMILES string of the molecule is COc1ccc(C(=O)Oc2ccc(Br)cc2/C=C2\SC(=O)N(Cc3ccccc3Br)C2=O)cc1. The number of halogens is 2. The van der Waals surface area contributed by atoms with E-state index in [4.69, 9.17) is 9.47 Å². The number of hydrogen-bond acceptors (Lipinski definition) is 6. The van der Waals surface area contributed by atoms with Crippen LogP contribution in [0, 0.1) is 0 Å². The summed E-state index contributed by atoms with van der Waals surface area (Å²) in [6.45, 7) is 0.154. The molecule has 0 N–H and O–H groups in total. The fourth-order valence-electron chi connectivity index (χ4n) is 3.19. The van der Waals surface area contributed by atoms with Crippen LogP contribution >= 0.6 is 43.6 Å². The molecule has 1 aliphatic rings. The third-order valence-electron chi connectivity index (χ3n) is 4.95. The van der Waals surface area contributed by atoms with E-state index in [9.17, 15) is 14.4 Å². The smallest absolute Gasteiger partial charge is 0.343 e. The Labute approximate surface area is 217 Å². The lowest BCUT2D eigenvalue weighted by Gasteiger charge is -2.13. The van der Waals surface area contributed by atoms with Crippen LogP contribution in [0.5, 0.6) is 11.5 Å². The Morgan fingerprint density at radius 3 is 2.47 bits per heavy atom. The second kappa shape index (κ2) is 10.6. The molecule has 3 aromatic rings. The van der Waals surface area contributed by atoms with Crippen LogP contribution in [0.4, 0.5) is 4.79 Å². The molecule has 0 saturated carbocycles. The predicted octanol–water partition coefficient (Wildman–Crippen LogP) is 6.68. The first-order valence-electron chi connectivity index (χ1n) is 10.0. The van der Waals surface area contributed by atoms with Crippen molar-refractivity contribution >= 4 is 66.8 Å². The average molecular weight is 603 g/mol. The third kappa shape index (κ3) is 5.43.